The molecule has 304 valence electrons. The van der Waals surface area contributed by atoms with E-state index in [2.05, 4.69) is 171 Å². The molecule has 5 aromatic heterocycles. The van der Waals surface area contributed by atoms with Gasteiger partial charge in [0.15, 0.2) is 0 Å². The van der Waals surface area contributed by atoms with Crippen LogP contribution >= 0.6 is 0 Å². The van der Waals surface area contributed by atoms with Crippen LogP contribution < -0.4 is 4.90 Å². The number of imidazole rings is 3. The predicted octanol–water partition coefficient (Wildman–Crippen LogP) is 14.2. The summed E-state index contributed by atoms with van der Waals surface area (Å²) in [5.74, 6) is 2.92. The number of aryl methyl sites for hydroxylation is 1. The van der Waals surface area contributed by atoms with Gasteiger partial charge in [0.2, 0.25) is 11.7 Å². The summed E-state index contributed by atoms with van der Waals surface area (Å²) < 4.78 is 17.2. The molecular weight excluding hydrogens is 789 g/mol. The smallest absolute Gasteiger partial charge is 0.220 e. The fourth-order valence-electron chi connectivity index (χ4n) is 10.2. The van der Waals surface area contributed by atoms with Crippen LogP contribution in [-0.2, 0) is 12.8 Å². The van der Waals surface area contributed by atoms with Crippen molar-refractivity contribution in [2.24, 2.45) is 0 Å². The van der Waals surface area contributed by atoms with Crippen molar-refractivity contribution in [3.05, 3.63) is 198 Å². The number of para-hydroxylation sites is 5. The monoisotopic (exact) mass is 826 g/mol. The average Bonchev–Trinajstić information content (AvgIpc) is 4.17. The van der Waals surface area contributed by atoms with E-state index in [0.717, 1.165) is 120 Å². The molecule has 12 aromatic rings. The highest BCUT2D eigenvalue weighted by molar-refractivity contribution is 6.06. The van der Waals surface area contributed by atoms with Gasteiger partial charge >= 0.3 is 0 Å². The molecule has 8 nitrogen and oxygen atoms in total. The lowest BCUT2D eigenvalue weighted by Crippen LogP contribution is -2.11. The lowest BCUT2D eigenvalue weighted by Gasteiger charge is -2.23. The summed E-state index contributed by atoms with van der Waals surface area (Å²) in [5, 5.41) is 3.30. The molecule has 0 radical (unpaired) electrons. The number of anilines is 3. The van der Waals surface area contributed by atoms with E-state index in [-0.39, 0.29) is 5.92 Å². The fourth-order valence-corrected chi connectivity index (χ4v) is 10.2. The third kappa shape index (κ3) is 5.35. The van der Waals surface area contributed by atoms with E-state index in [4.69, 9.17) is 18.8 Å². The van der Waals surface area contributed by atoms with Gasteiger partial charge in [0.05, 0.1) is 39.1 Å². The van der Waals surface area contributed by atoms with Crippen LogP contribution in [0.5, 0.6) is 0 Å². The lowest BCUT2D eigenvalue weighted by molar-refractivity contribution is 0.546. The molecule has 8 heteroatoms. The summed E-state index contributed by atoms with van der Waals surface area (Å²) >= 11 is 0. The number of furan rings is 2. The summed E-state index contributed by atoms with van der Waals surface area (Å²) in [6.45, 7) is 0. The predicted molar refractivity (Wildman–Crippen MR) is 258 cm³/mol. The first-order valence-electron chi connectivity index (χ1n) is 22.0. The number of nitrogens with one attached hydrogen (secondary N) is 1. The van der Waals surface area contributed by atoms with Crippen LogP contribution in [0.15, 0.2) is 179 Å². The fraction of sp³-hybridized carbons (Fsp3) is 0.0714. The second-order valence-corrected chi connectivity index (χ2v) is 17.0. The van der Waals surface area contributed by atoms with Crippen LogP contribution in [0.2, 0.25) is 0 Å². The number of fused-ring (bicyclic) bond motifs is 12. The average molecular weight is 827 g/mol. The second kappa shape index (κ2) is 13.6. The Kier molecular flexibility index (Phi) is 7.48. The van der Waals surface area contributed by atoms with E-state index in [9.17, 15) is 0 Å². The van der Waals surface area contributed by atoms with Crippen LogP contribution in [0.4, 0.5) is 17.3 Å². The number of aromatic nitrogens is 5. The highest BCUT2D eigenvalue weighted by Crippen LogP contribution is 2.41. The summed E-state index contributed by atoms with van der Waals surface area (Å²) in [4.78, 5) is 16.1. The number of rotatable bonds is 6. The number of aromatic amines is 1. The maximum atomic E-state index is 6.30. The molecule has 0 saturated carbocycles. The van der Waals surface area contributed by atoms with Crippen molar-refractivity contribution in [3.63, 3.8) is 0 Å². The zero-order valence-corrected chi connectivity index (χ0v) is 34.6. The zero-order chi connectivity index (χ0) is 41.9. The van der Waals surface area contributed by atoms with E-state index in [1.807, 2.05) is 30.3 Å². The molecule has 14 rings (SSSR count). The van der Waals surface area contributed by atoms with Gasteiger partial charge in [-0.3, -0.25) is 13.9 Å². The van der Waals surface area contributed by atoms with Gasteiger partial charge in [-0.25, -0.2) is 9.97 Å². The molecule has 7 aromatic carbocycles. The largest absolute Gasteiger partial charge is 0.460 e. The molecule has 0 bridgehead atoms. The molecule has 0 amide bonds. The number of hydrogen-bond donors (Lipinski definition) is 1. The Labute approximate surface area is 366 Å². The number of benzene rings is 7. The van der Waals surface area contributed by atoms with Gasteiger partial charge < -0.3 is 13.8 Å². The van der Waals surface area contributed by atoms with E-state index >= 15 is 0 Å². The van der Waals surface area contributed by atoms with Crippen LogP contribution in [0.1, 0.15) is 40.6 Å². The molecule has 0 spiro atoms. The third-order valence-corrected chi connectivity index (χ3v) is 13.3. The first-order valence-corrected chi connectivity index (χ1v) is 22.0. The van der Waals surface area contributed by atoms with Crippen molar-refractivity contribution in [1.29, 1.82) is 0 Å². The van der Waals surface area contributed by atoms with Crippen molar-refractivity contribution in [2.45, 2.75) is 25.2 Å². The third-order valence-electron chi connectivity index (χ3n) is 13.3. The molecule has 1 unspecified atom stereocenters. The number of nitrogens with zero attached hydrogens (tertiary/aromatic N) is 5. The Bertz CT molecular complexity index is 3880. The molecule has 0 aliphatic heterocycles. The van der Waals surface area contributed by atoms with E-state index in [1.165, 1.54) is 22.4 Å². The van der Waals surface area contributed by atoms with Crippen molar-refractivity contribution in [2.75, 3.05) is 4.90 Å². The normalized spacial score (nSPS) is 14.7. The minimum absolute atomic E-state index is 0.179. The van der Waals surface area contributed by atoms with E-state index < -0.39 is 0 Å². The topological polar surface area (TPSA) is 80.4 Å². The number of H-pyrrole nitrogens is 1. The highest BCUT2D eigenvalue weighted by Gasteiger charge is 2.28. The second-order valence-electron chi connectivity index (χ2n) is 17.0. The Hall–Kier alpha value is -8.36. The van der Waals surface area contributed by atoms with Crippen molar-refractivity contribution >= 4 is 90.2 Å². The molecule has 2 aliphatic rings. The van der Waals surface area contributed by atoms with Gasteiger partial charge in [-0.2, -0.15) is 0 Å². The Balaban J connectivity index is 0.827. The van der Waals surface area contributed by atoms with Crippen LogP contribution in [-0.4, -0.2) is 23.9 Å². The number of hydrogen-bond acceptors (Lipinski definition) is 5. The van der Waals surface area contributed by atoms with Crippen molar-refractivity contribution in [3.8, 4) is 16.8 Å². The maximum absolute atomic E-state index is 6.30. The van der Waals surface area contributed by atoms with Gasteiger partial charge in [-0.05, 0) is 108 Å². The van der Waals surface area contributed by atoms with E-state index in [0.29, 0.717) is 0 Å². The molecule has 2 aliphatic carbocycles. The first-order chi connectivity index (χ1) is 31.7. The van der Waals surface area contributed by atoms with Crippen LogP contribution in [0.25, 0.3) is 89.7 Å². The summed E-state index contributed by atoms with van der Waals surface area (Å²) in [7, 11) is 0. The first kappa shape index (κ1) is 35.3. The van der Waals surface area contributed by atoms with E-state index in [1.54, 1.807) is 0 Å². The minimum Gasteiger partial charge on any atom is -0.460 e. The number of allylic oxidation sites excluding steroid dienone is 2. The molecule has 0 saturated heterocycles. The van der Waals surface area contributed by atoms with Crippen LogP contribution in [0.3, 0.4) is 0 Å². The summed E-state index contributed by atoms with van der Waals surface area (Å²) in [6.07, 6.45) is 11.9. The quantitative estimate of drug-likeness (QED) is 0.181. The molecule has 64 heavy (non-hydrogen) atoms. The standard InChI is InChI=1S/C56H38N6O2/c1-7-18-51-41(12-1)43-32-39(25-28-53(43)63-51)60(55-57-45-14-3-4-15-46(45)58-55)38-23-20-34(21-24-38)35-10-9-11-36(30-35)37-22-27-49-50(31-37)62-48-17-6-5-16-47(48)59-56(62)61(49)40-26-29-54-44(33-40)42-13-2-8-19-52(42)64-54/h1-7,9-18,20-30,32-33,37H,8,19,31H2,(H,57,58). The Morgan fingerprint density at radius 3 is 2.38 bits per heavy atom. The minimum atomic E-state index is 0.179. The molecule has 1 N–H and O–H groups in total. The van der Waals surface area contributed by atoms with Crippen LogP contribution in [0, 0.1) is 0 Å². The molecule has 5 heterocycles. The van der Waals surface area contributed by atoms with Crippen molar-refractivity contribution < 1.29 is 8.83 Å². The highest BCUT2D eigenvalue weighted by atomic mass is 16.3. The maximum Gasteiger partial charge on any atom is 0.220 e. The Morgan fingerprint density at radius 1 is 0.625 bits per heavy atom. The summed E-state index contributed by atoms with van der Waals surface area (Å²) in [6, 6.07) is 55.6. The summed E-state index contributed by atoms with van der Waals surface area (Å²) in [5.41, 5.74) is 17.0. The van der Waals surface area contributed by atoms with Crippen molar-refractivity contribution in [1.82, 2.24) is 23.9 Å². The van der Waals surface area contributed by atoms with Gasteiger partial charge in [-0.15, -0.1) is 0 Å². The van der Waals surface area contributed by atoms with Gasteiger partial charge in [0.1, 0.15) is 22.5 Å². The Morgan fingerprint density at radius 2 is 1.44 bits per heavy atom. The lowest BCUT2D eigenvalue weighted by atomic mass is 9.88. The molecular formula is C56H38N6O2. The molecule has 0 fully saturated rings. The SMILES string of the molecule is C1=Cc2c(oc3ccc(-n4c5c(n6c7ccccc7nc46)CC(c4cccc(-c6ccc(N(c7ccc8oc9ccccc9c8c7)c7nc8ccccc8[nH]7)cc6)c4)C=C5)cc23)CC1. The van der Waals surface area contributed by atoms with Gasteiger partial charge in [0, 0.05) is 51.9 Å². The molecule has 1 atom stereocenters. The zero-order valence-electron chi connectivity index (χ0n) is 34.6. The van der Waals surface area contributed by atoms with Gasteiger partial charge in [-0.1, -0.05) is 97.1 Å². The van der Waals surface area contributed by atoms with Gasteiger partial charge in [0.25, 0.3) is 0 Å².